The molecule has 2 heterocycles. The van der Waals surface area contributed by atoms with Gasteiger partial charge in [-0.25, -0.2) is 14.0 Å². The topological polar surface area (TPSA) is 63.6 Å². The van der Waals surface area contributed by atoms with E-state index in [-0.39, 0.29) is 11.1 Å². The highest BCUT2D eigenvalue weighted by Gasteiger charge is 2.17. The van der Waals surface area contributed by atoms with E-state index in [1.165, 1.54) is 17.6 Å². The molecule has 3 aromatic rings. The number of aromatic amines is 1. The second kappa shape index (κ2) is 3.94. The zero-order chi connectivity index (χ0) is 13.6. The van der Waals surface area contributed by atoms with Crippen molar-refractivity contribution in [2.45, 2.75) is 0 Å². The Balaban J connectivity index is 2.47. The Kier molecular flexibility index (Phi) is 2.38. The van der Waals surface area contributed by atoms with Crippen molar-refractivity contribution in [1.29, 1.82) is 0 Å². The van der Waals surface area contributed by atoms with Gasteiger partial charge in [0.25, 0.3) is 0 Å². The van der Waals surface area contributed by atoms with E-state index in [9.17, 15) is 14.0 Å². The van der Waals surface area contributed by atoms with Crippen LogP contribution < -0.4 is 5.69 Å². The fraction of sp³-hybridized carbons (Fsp3) is 0.0769. The first-order chi connectivity index (χ1) is 9.13. The van der Waals surface area contributed by atoms with Gasteiger partial charge in [0.2, 0.25) is 0 Å². The maximum Gasteiger partial charge on any atom is 0.340 e. The van der Waals surface area contributed by atoms with Gasteiger partial charge in [-0.15, -0.1) is 0 Å². The molecule has 3 rings (SSSR count). The smallest absolute Gasteiger partial charge is 0.340 e. The van der Waals surface area contributed by atoms with E-state index in [1.807, 2.05) is 0 Å². The minimum Gasteiger partial charge on any atom is -0.465 e. The van der Waals surface area contributed by atoms with Crippen molar-refractivity contribution < 1.29 is 13.9 Å². The van der Waals surface area contributed by atoms with Crippen LogP contribution in [0.5, 0.6) is 0 Å². The summed E-state index contributed by atoms with van der Waals surface area (Å²) in [6, 6.07) is 6.32. The predicted octanol–water partition coefficient (Wildman–Crippen LogP) is 1.71. The Morgan fingerprint density at radius 3 is 2.89 bits per heavy atom. The molecule has 2 aromatic heterocycles. The predicted molar refractivity (Wildman–Crippen MR) is 66.8 cm³/mol. The van der Waals surface area contributed by atoms with E-state index in [2.05, 4.69) is 9.72 Å². The molecular formula is C13H9FN2O3. The van der Waals surface area contributed by atoms with E-state index in [1.54, 1.807) is 24.4 Å². The minimum atomic E-state index is -0.787. The third kappa shape index (κ3) is 1.53. The molecule has 0 fully saturated rings. The largest absolute Gasteiger partial charge is 0.465 e. The van der Waals surface area contributed by atoms with Crippen molar-refractivity contribution in [3.8, 4) is 0 Å². The molecule has 0 spiro atoms. The van der Waals surface area contributed by atoms with Crippen LogP contribution in [-0.4, -0.2) is 22.5 Å². The number of rotatable bonds is 1. The van der Waals surface area contributed by atoms with Crippen LogP contribution >= 0.6 is 0 Å². The SMILES string of the molecule is COC(=O)c1ccc2c([nH]c(=O)n3cccc23)c1F. The van der Waals surface area contributed by atoms with Gasteiger partial charge in [0.15, 0.2) is 5.82 Å². The zero-order valence-electron chi connectivity index (χ0n) is 9.94. The van der Waals surface area contributed by atoms with E-state index >= 15 is 0 Å². The lowest BCUT2D eigenvalue weighted by Gasteiger charge is -2.06. The van der Waals surface area contributed by atoms with Crippen molar-refractivity contribution in [3.05, 3.63) is 52.3 Å². The van der Waals surface area contributed by atoms with Crippen LogP contribution in [0.15, 0.2) is 35.3 Å². The summed E-state index contributed by atoms with van der Waals surface area (Å²) in [5.41, 5.74) is -0.0943. The molecule has 0 saturated carbocycles. The molecule has 19 heavy (non-hydrogen) atoms. The van der Waals surface area contributed by atoms with Gasteiger partial charge in [0.1, 0.15) is 0 Å². The van der Waals surface area contributed by atoms with E-state index in [0.717, 1.165) is 0 Å². The van der Waals surface area contributed by atoms with Gasteiger partial charge in [0.05, 0.1) is 23.7 Å². The van der Waals surface area contributed by atoms with Crippen molar-refractivity contribution in [2.75, 3.05) is 7.11 Å². The summed E-state index contributed by atoms with van der Waals surface area (Å²) in [7, 11) is 1.17. The quantitative estimate of drug-likeness (QED) is 0.677. The first-order valence-corrected chi connectivity index (χ1v) is 5.53. The first kappa shape index (κ1) is 11.5. The second-order valence-electron chi connectivity index (χ2n) is 4.03. The maximum absolute atomic E-state index is 14.2. The van der Waals surface area contributed by atoms with Crippen LogP contribution in [0.3, 0.4) is 0 Å². The first-order valence-electron chi connectivity index (χ1n) is 5.53. The molecule has 0 unspecified atom stereocenters. The molecule has 0 atom stereocenters. The summed E-state index contributed by atoms with van der Waals surface area (Å²) in [5, 5.41) is 0.523. The fourth-order valence-corrected chi connectivity index (χ4v) is 2.12. The van der Waals surface area contributed by atoms with E-state index in [0.29, 0.717) is 10.9 Å². The summed E-state index contributed by atoms with van der Waals surface area (Å²) >= 11 is 0. The Morgan fingerprint density at radius 2 is 2.16 bits per heavy atom. The van der Waals surface area contributed by atoms with E-state index < -0.39 is 17.5 Å². The molecule has 0 aliphatic rings. The number of nitrogens with one attached hydrogen (secondary N) is 1. The molecule has 0 bridgehead atoms. The number of esters is 1. The van der Waals surface area contributed by atoms with Crippen LogP contribution in [0.4, 0.5) is 4.39 Å². The molecule has 0 radical (unpaired) electrons. The van der Waals surface area contributed by atoms with Gasteiger partial charge in [-0.05, 0) is 24.3 Å². The number of fused-ring (bicyclic) bond motifs is 3. The number of H-pyrrole nitrogens is 1. The van der Waals surface area contributed by atoms with Gasteiger partial charge in [-0.3, -0.25) is 4.40 Å². The second-order valence-corrected chi connectivity index (χ2v) is 4.03. The number of aromatic nitrogens is 2. The molecule has 0 amide bonds. The maximum atomic E-state index is 14.2. The zero-order valence-corrected chi connectivity index (χ0v) is 9.94. The standard InChI is InChI=1S/C13H9FN2O3/c1-19-12(17)8-5-4-7-9-3-2-6-16(9)13(18)15-11(7)10(8)14/h2-6H,1H3,(H,15,18). The summed E-state index contributed by atoms with van der Waals surface area (Å²) in [5.74, 6) is -1.57. The summed E-state index contributed by atoms with van der Waals surface area (Å²) in [4.78, 5) is 25.6. The Morgan fingerprint density at radius 1 is 1.37 bits per heavy atom. The van der Waals surface area contributed by atoms with Gasteiger partial charge in [0, 0.05) is 11.6 Å². The van der Waals surface area contributed by atoms with Gasteiger partial charge >= 0.3 is 11.7 Å². The number of hydrogen-bond donors (Lipinski definition) is 1. The molecule has 0 aliphatic carbocycles. The molecule has 96 valence electrons. The van der Waals surface area contributed by atoms with Crippen LogP contribution in [0.2, 0.25) is 0 Å². The van der Waals surface area contributed by atoms with Crippen LogP contribution in [0, 0.1) is 5.82 Å². The monoisotopic (exact) mass is 260 g/mol. The molecule has 6 heteroatoms. The van der Waals surface area contributed by atoms with Crippen molar-refractivity contribution in [3.63, 3.8) is 0 Å². The molecular weight excluding hydrogens is 251 g/mol. The third-order valence-corrected chi connectivity index (χ3v) is 3.02. The highest BCUT2D eigenvalue weighted by atomic mass is 19.1. The van der Waals surface area contributed by atoms with Gasteiger partial charge in [-0.1, -0.05) is 0 Å². The van der Waals surface area contributed by atoms with Crippen LogP contribution in [0.25, 0.3) is 16.4 Å². The number of benzene rings is 1. The molecule has 0 aliphatic heterocycles. The Bertz CT molecular complexity index is 863. The Hall–Kier alpha value is -2.63. The van der Waals surface area contributed by atoms with Crippen LogP contribution in [-0.2, 0) is 4.74 Å². The average molecular weight is 260 g/mol. The number of carbonyl (C=O) groups is 1. The number of nitrogens with zero attached hydrogens (tertiary/aromatic N) is 1. The lowest BCUT2D eigenvalue weighted by atomic mass is 10.1. The van der Waals surface area contributed by atoms with Crippen molar-refractivity contribution in [1.82, 2.24) is 9.38 Å². The third-order valence-electron chi connectivity index (χ3n) is 3.02. The average Bonchev–Trinajstić information content (AvgIpc) is 2.89. The lowest BCUT2D eigenvalue weighted by molar-refractivity contribution is 0.0596. The number of hydrogen-bond acceptors (Lipinski definition) is 3. The van der Waals surface area contributed by atoms with E-state index in [4.69, 9.17) is 0 Å². The molecule has 1 aromatic carbocycles. The van der Waals surface area contributed by atoms with Gasteiger partial charge < -0.3 is 9.72 Å². The Labute approximate surface area is 106 Å². The highest BCUT2D eigenvalue weighted by Crippen LogP contribution is 2.22. The van der Waals surface area contributed by atoms with Crippen molar-refractivity contribution in [2.24, 2.45) is 0 Å². The molecule has 5 nitrogen and oxygen atoms in total. The van der Waals surface area contributed by atoms with Gasteiger partial charge in [-0.2, -0.15) is 0 Å². The fourth-order valence-electron chi connectivity index (χ4n) is 2.12. The summed E-state index contributed by atoms with van der Waals surface area (Å²) in [6.45, 7) is 0. The lowest BCUT2D eigenvalue weighted by Crippen LogP contribution is -2.16. The summed E-state index contributed by atoms with van der Waals surface area (Å²) < 4.78 is 20.1. The minimum absolute atomic E-state index is 0.000833. The van der Waals surface area contributed by atoms with Crippen LogP contribution in [0.1, 0.15) is 10.4 Å². The number of halogens is 1. The highest BCUT2D eigenvalue weighted by molar-refractivity contribution is 5.99. The number of methoxy groups -OCH3 is 1. The number of carbonyl (C=O) groups excluding carboxylic acids is 1. The van der Waals surface area contributed by atoms with Crippen molar-refractivity contribution >= 4 is 22.4 Å². The normalized spacial score (nSPS) is 11.1. The molecule has 0 saturated heterocycles. The number of ether oxygens (including phenoxy) is 1. The molecule has 1 N–H and O–H groups in total. The summed E-state index contributed by atoms with van der Waals surface area (Å²) in [6.07, 6.45) is 1.58.